The molecule has 1 fully saturated rings. The van der Waals surface area contributed by atoms with Gasteiger partial charge in [0, 0.05) is 20.0 Å². The molecule has 1 aromatic heterocycles. The van der Waals surface area contributed by atoms with Crippen LogP contribution in [0.15, 0.2) is 62.8 Å². The molecule has 4 rings (SSSR count). The van der Waals surface area contributed by atoms with Crippen LogP contribution in [0.3, 0.4) is 0 Å². The van der Waals surface area contributed by atoms with Crippen LogP contribution < -0.4 is 10.8 Å². The third-order valence-corrected chi connectivity index (χ3v) is 6.49. The zero-order chi connectivity index (χ0) is 24.8. The van der Waals surface area contributed by atoms with Crippen LogP contribution in [0.5, 0.6) is 0 Å². The van der Waals surface area contributed by atoms with Gasteiger partial charge in [0.15, 0.2) is 5.69 Å². The SMILES string of the molecule is CC(=O)N1CCC(C(=O)Nc2nonc2/C=N/ONc2ccc(F)c(Br)c2)(c2ccccc2)CC1. The number of benzene rings is 2. The Morgan fingerprint density at radius 1 is 1.20 bits per heavy atom. The molecule has 0 atom stereocenters. The summed E-state index contributed by atoms with van der Waals surface area (Å²) in [6.45, 7) is 2.44. The number of likely N-dealkylation sites (tertiary alicyclic amines) is 1. The molecule has 0 radical (unpaired) electrons. The monoisotopic (exact) mass is 544 g/mol. The van der Waals surface area contributed by atoms with Crippen LogP contribution >= 0.6 is 15.9 Å². The van der Waals surface area contributed by atoms with Gasteiger partial charge < -0.3 is 10.2 Å². The van der Waals surface area contributed by atoms with Gasteiger partial charge >= 0.3 is 0 Å². The quantitative estimate of drug-likeness (QED) is 0.342. The Bertz CT molecular complexity index is 1230. The summed E-state index contributed by atoms with van der Waals surface area (Å²) in [7, 11) is 0. The van der Waals surface area contributed by atoms with Crippen LogP contribution in [-0.4, -0.2) is 46.3 Å². The molecule has 35 heavy (non-hydrogen) atoms. The summed E-state index contributed by atoms with van der Waals surface area (Å²) >= 11 is 3.08. The third-order valence-electron chi connectivity index (χ3n) is 5.88. The highest BCUT2D eigenvalue weighted by atomic mass is 79.9. The van der Waals surface area contributed by atoms with Crippen molar-refractivity contribution in [2.75, 3.05) is 23.9 Å². The molecule has 0 saturated carbocycles. The normalized spacial score (nSPS) is 15.1. The van der Waals surface area contributed by atoms with E-state index >= 15 is 0 Å². The number of rotatable bonds is 7. The number of carbonyl (C=O) groups excluding carboxylic acids is 2. The van der Waals surface area contributed by atoms with E-state index in [4.69, 9.17) is 9.57 Å². The molecule has 1 aliphatic heterocycles. The molecule has 10 nitrogen and oxygen atoms in total. The number of oxime groups is 1. The highest BCUT2D eigenvalue weighted by molar-refractivity contribution is 9.10. The standard InChI is InChI=1S/C23H22BrFN6O4/c1-15(32)31-11-9-23(10-12-31,16-5-3-2-4-6-16)22(33)27-21-20(29-35-30-21)14-26-34-28-17-7-8-19(25)18(24)13-17/h2-8,13-14,28H,9-12H2,1H3,(H,27,30,33)/b26-14+. The predicted molar refractivity (Wildman–Crippen MR) is 129 cm³/mol. The zero-order valence-corrected chi connectivity index (χ0v) is 20.3. The number of nitrogens with one attached hydrogen (secondary N) is 2. The minimum Gasteiger partial charge on any atom is -0.343 e. The van der Waals surface area contributed by atoms with Crippen LogP contribution in [-0.2, 0) is 19.9 Å². The number of hydrogen-bond acceptors (Lipinski definition) is 8. The first kappa shape index (κ1) is 24.3. The van der Waals surface area contributed by atoms with E-state index in [0.29, 0.717) is 31.6 Å². The van der Waals surface area contributed by atoms with Gasteiger partial charge in [-0.1, -0.05) is 35.5 Å². The highest BCUT2D eigenvalue weighted by Crippen LogP contribution is 2.37. The van der Waals surface area contributed by atoms with Crippen LogP contribution in [0.25, 0.3) is 0 Å². The van der Waals surface area contributed by atoms with E-state index in [1.54, 1.807) is 4.90 Å². The average Bonchev–Trinajstić information content (AvgIpc) is 3.31. The van der Waals surface area contributed by atoms with Gasteiger partial charge in [-0.15, -0.1) is 0 Å². The molecule has 182 valence electrons. The second-order valence-electron chi connectivity index (χ2n) is 7.96. The second kappa shape index (κ2) is 10.6. The number of nitrogens with zero attached hydrogens (tertiary/aromatic N) is 4. The van der Waals surface area contributed by atoms with Crippen LogP contribution in [0.4, 0.5) is 15.9 Å². The van der Waals surface area contributed by atoms with E-state index in [0.717, 1.165) is 5.56 Å². The summed E-state index contributed by atoms with van der Waals surface area (Å²) in [5.41, 5.74) is 3.14. The maximum absolute atomic E-state index is 13.5. The Balaban J connectivity index is 1.46. The molecule has 2 amide bonds. The first-order valence-electron chi connectivity index (χ1n) is 10.7. The number of aromatic nitrogens is 2. The summed E-state index contributed by atoms with van der Waals surface area (Å²) in [6.07, 6.45) is 2.13. The summed E-state index contributed by atoms with van der Waals surface area (Å²) < 4.78 is 18.4. The lowest BCUT2D eigenvalue weighted by Gasteiger charge is -2.40. The largest absolute Gasteiger partial charge is 0.343 e. The van der Waals surface area contributed by atoms with Gasteiger partial charge in [0.2, 0.25) is 17.6 Å². The lowest BCUT2D eigenvalue weighted by molar-refractivity contribution is -0.133. The van der Waals surface area contributed by atoms with E-state index in [9.17, 15) is 14.0 Å². The molecular weight excluding hydrogens is 523 g/mol. The van der Waals surface area contributed by atoms with Crippen molar-refractivity contribution in [3.63, 3.8) is 0 Å². The van der Waals surface area contributed by atoms with Gasteiger partial charge in [-0.3, -0.25) is 14.5 Å². The molecule has 2 aromatic carbocycles. The lowest BCUT2D eigenvalue weighted by atomic mass is 9.72. The van der Waals surface area contributed by atoms with Crippen molar-refractivity contribution >= 4 is 45.5 Å². The van der Waals surface area contributed by atoms with Gasteiger partial charge in [0.05, 0.1) is 15.6 Å². The molecule has 2 heterocycles. The van der Waals surface area contributed by atoms with Gasteiger partial charge in [-0.25, -0.2) is 9.02 Å². The smallest absolute Gasteiger partial charge is 0.236 e. The molecule has 1 saturated heterocycles. The van der Waals surface area contributed by atoms with Crippen LogP contribution in [0, 0.1) is 5.82 Å². The molecular formula is C23H22BrFN6O4. The van der Waals surface area contributed by atoms with Crippen molar-refractivity contribution in [2.45, 2.75) is 25.2 Å². The van der Waals surface area contributed by atoms with E-state index in [1.165, 1.54) is 31.3 Å². The van der Waals surface area contributed by atoms with Crippen molar-refractivity contribution in [3.05, 3.63) is 70.1 Å². The van der Waals surface area contributed by atoms with Gasteiger partial charge in [-0.05, 0) is 62.8 Å². The van der Waals surface area contributed by atoms with E-state index in [1.807, 2.05) is 30.3 Å². The van der Waals surface area contributed by atoms with E-state index in [2.05, 4.69) is 42.2 Å². The summed E-state index contributed by atoms with van der Waals surface area (Å²) in [6, 6.07) is 13.7. The Kier molecular flexibility index (Phi) is 7.39. The number of amides is 2. The molecule has 3 aromatic rings. The molecule has 0 bridgehead atoms. The van der Waals surface area contributed by atoms with Crippen molar-refractivity contribution in [1.29, 1.82) is 0 Å². The van der Waals surface area contributed by atoms with Gasteiger partial charge in [0.25, 0.3) is 0 Å². The minimum atomic E-state index is -0.853. The van der Waals surface area contributed by atoms with E-state index < -0.39 is 11.2 Å². The number of anilines is 2. The second-order valence-corrected chi connectivity index (χ2v) is 8.82. The highest BCUT2D eigenvalue weighted by Gasteiger charge is 2.43. The molecule has 0 aliphatic carbocycles. The fourth-order valence-electron chi connectivity index (χ4n) is 3.92. The van der Waals surface area contributed by atoms with Crippen molar-refractivity contribution in [1.82, 2.24) is 15.2 Å². The Morgan fingerprint density at radius 2 is 1.94 bits per heavy atom. The first-order chi connectivity index (χ1) is 16.9. The maximum Gasteiger partial charge on any atom is 0.236 e. The number of halogens is 2. The molecule has 0 spiro atoms. The van der Waals surface area contributed by atoms with Crippen molar-refractivity contribution in [2.24, 2.45) is 5.16 Å². The molecule has 1 aliphatic rings. The molecule has 0 unspecified atom stereocenters. The Labute approximate surface area is 208 Å². The van der Waals surface area contributed by atoms with Crippen LogP contribution in [0.2, 0.25) is 0 Å². The summed E-state index contributed by atoms with van der Waals surface area (Å²) in [5, 5.41) is 14.1. The van der Waals surface area contributed by atoms with Crippen molar-refractivity contribution < 1.29 is 23.5 Å². The number of piperidine rings is 1. The predicted octanol–water partition coefficient (Wildman–Crippen LogP) is 3.87. The third kappa shape index (κ3) is 5.48. The fourth-order valence-corrected chi connectivity index (χ4v) is 4.30. The average molecular weight is 545 g/mol. The Hall–Kier alpha value is -3.80. The number of carbonyl (C=O) groups is 2. The summed E-state index contributed by atoms with van der Waals surface area (Å²) in [4.78, 5) is 32.1. The first-order valence-corrected chi connectivity index (χ1v) is 11.5. The van der Waals surface area contributed by atoms with Crippen LogP contribution in [0.1, 0.15) is 31.0 Å². The zero-order valence-electron chi connectivity index (χ0n) is 18.7. The molecule has 12 heteroatoms. The van der Waals surface area contributed by atoms with Gasteiger partial charge in [0.1, 0.15) is 12.0 Å². The number of hydrogen-bond donors (Lipinski definition) is 2. The minimum absolute atomic E-state index is 0.0205. The van der Waals surface area contributed by atoms with E-state index in [-0.39, 0.29) is 27.8 Å². The maximum atomic E-state index is 13.5. The van der Waals surface area contributed by atoms with Crippen molar-refractivity contribution in [3.8, 4) is 0 Å². The van der Waals surface area contributed by atoms with Gasteiger partial charge in [-0.2, -0.15) is 5.48 Å². The summed E-state index contributed by atoms with van der Waals surface area (Å²) in [5.74, 6) is -0.634. The fraction of sp³-hybridized carbons (Fsp3) is 0.261. The lowest BCUT2D eigenvalue weighted by Crippen LogP contribution is -2.50. The topological polar surface area (TPSA) is 122 Å². The molecule has 2 N–H and O–H groups in total. The Morgan fingerprint density at radius 3 is 2.63 bits per heavy atom.